The fourth-order valence-corrected chi connectivity index (χ4v) is 3.00. The van der Waals surface area contributed by atoms with Crippen molar-refractivity contribution < 1.29 is 19.1 Å². The quantitative estimate of drug-likeness (QED) is 0.839. The minimum atomic E-state index is -0.612. The van der Waals surface area contributed by atoms with Gasteiger partial charge in [-0.25, -0.2) is 4.79 Å². The van der Waals surface area contributed by atoms with Crippen LogP contribution in [0.4, 0.5) is 0 Å². The maximum absolute atomic E-state index is 12.4. The monoisotopic (exact) mass is 351 g/mol. The molecule has 0 radical (unpaired) electrons. The Morgan fingerprint density at radius 1 is 1.15 bits per heavy atom. The van der Waals surface area contributed by atoms with Crippen LogP contribution in [0, 0.1) is 5.92 Å². The Balaban J connectivity index is 1.89. The number of carbonyl (C=O) groups excluding carboxylic acids is 2. The Hall–Kier alpha value is -3.08. The van der Waals surface area contributed by atoms with E-state index in [1.807, 2.05) is 60.7 Å². The van der Waals surface area contributed by atoms with Gasteiger partial charge in [0.15, 0.2) is 0 Å². The molecule has 1 N–H and O–H groups in total. The van der Waals surface area contributed by atoms with Crippen LogP contribution in [-0.4, -0.2) is 25.7 Å². The number of carbonyl (C=O) groups is 2. The molecule has 26 heavy (non-hydrogen) atoms. The van der Waals surface area contributed by atoms with Crippen molar-refractivity contribution in [1.82, 2.24) is 5.32 Å². The highest BCUT2D eigenvalue weighted by Crippen LogP contribution is 2.24. The van der Waals surface area contributed by atoms with Crippen LogP contribution in [-0.2, 0) is 25.5 Å². The van der Waals surface area contributed by atoms with Gasteiger partial charge < -0.3 is 14.8 Å². The average Bonchev–Trinajstić information content (AvgIpc) is 2.88. The summed E-state index contributed by atoms with van der Waals surface area (Å²) < 4.78 is 10.3. The van der Waals surface area contributed by atoms with Crippen molar-refractivity contribution >= 4 is 11.9 Å². The van der Waals surface area contributed by atoms with Crippen LogP contribution < -0.4 is 5.32 Å². The first-order valence-corrected chi connectivity index (χ1v) is 8.49. The third-order valence-corrected chi connectivity index (χ3v) is 4.35. The highest BCUT2D eigenvalue weighted by molar-refractivity contribution is 5.85. The second kappa shape index (κ2) is 8.34. The number of cyclic esters (lactones) is 1. The van der Waals surface area contributed by atoms with Gasteiger partial charge in [-0.05, 0) is 17.5 Å². The molecular formula is C21H21NO4. The Morgan fingerprint density at radius 2 is 1.81 bits per heavy atom. The predicted octanol–water partition coefficient (Wildman–Crippen LogP) is 2.79. The van der Waals surface area contributed by atoms with Crippen LogP contribution in [0.25, 0.3) is 0 Å². The maximum atomic E-state index is 12.4. The summed E-state index contributed by atoms with van der Waals surface area (Å²) in [6, 6.07) is 19.1. The van der Waals surface area contributed by atoms with Crippen molar-refractivity contribution in [3.05, 3.63) is 83.6 Å². The summed E-state index contributed by atoms with van der Waals surface area (Å²) in [4.78, 5) is 24.5. The largest absolute Gasteiger partial charge is 0.468 e. The molecule has 5 heteroatoms. The Morgan fingerprint density at radius 3 is 2.46 bits per heavy atom. The first-order valence-electron chi connectivity index (χ1n) is 8.49. The lowest BCUT2D eigenvalue weighted by Crippen LogP contribution is -2.32. The Kier molecular flexibility index (Phi) is 5.69. The van der Waals surface area contributed by atoms with Gasteiger partial charge in [0.25, 0.3) is 0 Å². The predicted molar refractivity (Wildman–Crippen MR) is 97.0 cm³/mol. The minimum absolute atomic E-state index is 0.197. The van der Waals surface area contributed by atoms with Crippen molar-refractivity contribution in [2.24, 2.45) is 5.92 Å². The SMILES string of the molecule is COC(=O)C(Cc1ccccc1)C1=CC(=O)OC[C@@H](c2ccccc2)N1. The summed E-state index contributed by atoms with van der Waals surface area (Å²) in [6.45, 7) is 0.197. The van der Waals surface area contributed by atoms with E-state index < -0.39 is 17.9 Å². The fraction of sp³-hybridized carbons (Fsp3) is 0.238. The van der Waals surface area contributed by atoms with Gasteiger partial charge >= 0.3 is 11.9 Å². The Labute approximate surface area is 152 Å². The molecule has 1 aliphatic rings. The first-order chi connectivity index (χ1) is 12.7. The van der Waals surface area contributed by atoms with Gasteiger partial charge in [0, 0.05) is 11.8 Å². The number of methoxy groups -OCH3 is 1. The lowest BCUT2D eigenvalue weighted by atomic mass is 9.94. The fourth-order valence-electron chi connectivity index (χ4n) is 3.00. The van der Waals surface area contributed by atoms with E-state index in [4.69, 9.17) is 9.47 Å². The number of hydrogen-bond donors (Lipinski definition) is 1. The number of hydrogen-bond acceptors (Lipinski definition) is 5. The summed E-state index contributed by atoms with van der Waals surface area (Å²) in [5.41, 5.74) is 2.48. The van der Waals surface area contributed by atoms with Crippen LogP contribution in [0.3, 0.4) is 0 Å². The average molecular weight is 351 g/mol. The molecule has 5 nitrogen and oxygen atoms in total. The van der Waals surface area contributed by atoms with Crippen molar-refractivity contribution in [2.45, 2.75) is 12.5 Å². The zero-order chi connectivity index (χ0) is 18.4. The number of ether oxygens (including phenoxy) is 2. The molecule has 0 saturated carbocycles. The number of nitrogens with one attached hydrogen (secondary N) is 1. The van der Waals surface area contributed by atoms with E-state index in [2.05, 4.69) is 5.32 Å². The van der Waals surface area contributed by atoms with E-state index in [0.29, 0.717) is 12.1 Å². The summed E-state index contributed by atoms with van der Waals surface area (Å²) >= 11 is 0. The zero-order valence-electron chi connectivity index (χ0n) is 14.6. The molecule has 0 saturated heterocycles. The molecule has 134 valence electrons. The van der Waals surface area contributed by atoms with Gasteiger partial charge in [0.1, 0.15) is 12.5 Å². The van der Waals surface area contributed by atoms with Gasteiger partial charge in [0.2, 0.25) is 0 Å². The topological polar surface area (TPSA) is 64.6 Å². The van der Waals surface area contributed by atoms with Gasteiger partial charge in [-0.3, -0.25) is 4.79 Å². The summed E-state index contributed by atoms with van der Waals surface area (Å²) in [6.07, 6.45) is 1.79. The van der Waals surface area contributed by atoms with E-state index in [9.17, 15) is 9.59 Å². The second-order valence-corrected chi connectivity index (χ2v) is 6.10. The van der Waals surface area contributed by atoms with Crippen LogP contribution in [0.2, 0.25) is 0 Å². The van der Waals surface area contributed by atoms with Crippen LogP contribution in [0.15, 0.2) is 72.4 Å². The van der Waals surface area contributed by atoms with E-state index in [0.717, 1.165) is 11.1 Å². The highest BCUT2D eigenvalue weighted by atomic mass is 16.5. The molecule has 0 bridgehead atoms. The van der Waals surface area contributed by atoms with E-state index in [1.165, 1.54) is 13.2 Å². The summed E-state index contributed by atoms with van der Waals surface area (Å²) in [5, 5.41) is 3.31. The van der Waals surface area contributed by atoms with Gasteiger partial charge in [-0.2, -0.15) is 0 Å². The second-order valence-electron chi connectivity index (χ2n) is 6.10. The first kappa shape index (κ1) is 17.7. The van der Waals surface area contributed by atoms with Gasteiger partial charge in [-0.15, -0.1) is 0 Å². The van der Waals surface area contributed by atoms with E-state index in [1.54, 1.807) is 0 Å². The zero-order valence-corrected chi connectivity index (χ0v) is 14.6. The lowest BCUT2D eigenvalue weighted by molar-refractivity contribution is -0.144. The third kappa shape index (κ3) is 4.30. The van der Waals surface area contributed by atoms with Crippen molar-refractivity contribution in [3.8, 4) is 0 Å². The molecule has 3 rings (SSSR count). The molecule has 2 atom stereocenters. The highest BCUT2D eigenvalue weighted by Gasteiger charge is 2.29. The molecule has 1 aliphatic heterocycles. The van der Waals surface area contributed by atoms with Gasteiger partial charge in [0.05, 0.1) is 13.2 Å². The van der Waals surface area contributed by atoms with Crippen molar-refractivity contribution in [3.63, 3.8) is 0 Å². The summed E-state index contributed by atoms with van der Waals surface area (Å²) in [7, 11) is 1.35. The van der Waals surface area contributed by atoms with E-state index in [-0.39, 0.29) is 12.6 Å². The van der Waals surface area contributed by atoms with Crippen LogP contribution in [0.1, 0.15) is 17.2 Å². The minimum Gasteiger partial charge on any atom is -0.468 e. The third-order valence-electron chi connectivity index (χ3n) is 4.35. The number of esters is 2. The van der Waals surface area contributed by atoms with E-state index >= 15 is 0 Å². The van der Waals surface area contributed by atoms with Crippen molar-refractivity contribution in [2.75, 3.05) is 13.7 Å². The number of benzene rings is 2. The lowest BCUT2D eigenvalue weighted by Gasteiger charge is -2.23. The molecule has 0 fully saturated rings. The van der Waals surface area contributed by atoms with Crippen molar-refractivity contribution in [1.29, 1.82) is 0 Å². The molecule has 1 heterocycles. The molecule has 0 aromatic heterocycles. The molecule has 2 aromatic rings. The molecule has 0 spiro atoms. The normalized spacial score (nSPS) is 18.0. The standard InChI is InChI=1S/C21H21NO4/c1-25-21(24)17(12-15-8-4-2-5-9-15)18-13-20(23)26-14-19(22-18)16-10-6-3-7-11-16/h2-11,13,17,19,22H,12,14H2,1H3/t17?,19-/m0/s1. The molecule has 0 amide bonds. The number of rotatable bonds is 5. The molecular weight excluding hydrogens is 330 g/mol. The smallest absolute Gasteiger partial charge is 0.332 e. The Bertz CT molecular complexity index is 786. The summed E-state index contributed by atoms with van der Waals surface area (Å²) in [5.74, 6) is -1.47. The van der Waals surface area contributed by atoms with Gasteiger partial charge in [-0.1, -0.05) is 60.7 Å². The molecule has 1 unspecified atom stereocenters. The van der Waals surface area contributed by atoms with Crippen LogP contribution >= 0.6 is 0 Å². The molecule has 0 aliphatic carbocycles. The molecule has 2 aromatic carbocycles. The maximum Gasteiger partial charge on any atom is 0.332 e. The van der Waals surface area contributed by atoms with Crippen LogP contribution in [0.5, 0.6) is 0 Å².